The minimum absolute atomic E-state index is 0.0627. The lowest BCUT2D eigenvalue weighted by Crippen LogP contribution is -2.28. The van der Waals surface area contributed by atoms with Crippen LogP contribution in [0.15, 0.2) is 72.9 Å². The van der Waals surface area contributed by atoms with Crippen molar-refractivity contribution in [3.05, 3.63) is 100 Å². The molecule has 0 bridgehead atoms. The number of aromatic nitrogens is 1. The molecule has 1 aromatic heterocycles. The normalized spacial score (nSPS) is 13.7. The number of halogens is 1. The maximum Gasteiger partial charge on any atom is 0.368 e. The highest BCUT2D eigenvalue weighted by Crippen LogP contribution is 2.28. The molecule has 0 aliphatic carbocycles. The number of hydrogen-bond acceptors (Lipinski definition) is 7. The number of hydrogen-bond donors (Lipinski definition) is 1. The van der Waals surface area contributed by atoms with Crippen molar-refractivity contribution in [1.82, 2.24) is 9.88 Å². The molecule has 180 valence electrons. The van der Waals surface area contributed by atoms with Gasteiger partial charge in [-0.1, -0.05) is 60.1 Å². The van der Waals surface area contributed by atoms with Crippen molar-refractivity contribution in [2.24, 2.45) is 5.73 Å². The van der Waals surface area contributed by atoms with E-state index in [0.717, 1.165) is 47.8 Å². The Morgan fingerprint density at radius 1 is 1.06 bits per heavy atom. The van der Waals surface area contributed by atoms with E-state index < -0.39 is 18.5 Å². The van der Waals surface area contributed by atoms with Gasteiger partial charge < -0.3 is 15.2 Å². The van der Waals surface area contributed by atoms with Crippen molar-refractivity contribution in [1.29, 1.82) is 0 Å². The maximum absolute atomic E-state index is 12.5. The highest BCUT2D eigenvalue weighted by atomic mass is 35.5. The number of nitrogens with zero attached hydrogens (tertiary/aromatic N) is 2. The van der Waals surface area contributed by atoms with Crippen molar-refractivity contribution >= 4 is 29.1 Å². The van der Waals surface area contributed by atoms with Crippen LogP contribution in [0.1, 0.15) is 33.6 Å². The summed E-state index contributed by atoms with van der Waals surface area (Å²) in [5, 5.41) is 0.729. The smallest absolute Gasteiger partial charge is 0.368 e. The summed E-state index contributed by atoms with van der Waals surface area (Å²) >= 11 is 5.98. The van der Waals surface area contributed by atoms with E-state index in [1.165, 1.54) is 5.56 Å². The van der Waals surface area contributed by atoms with Gasteiger partial charge in [-0.15, -0.1) is 0 Å². The summed E-state index contributed by atoms with van der Waals surface area (Å²) < 4.78 is 10.7. The van der Waals surface area contributed by atoms with Crippen molar-refractivity contribution in [3.8, 4) is 5.75 Å². The molecule has 8 heteroatoms. The van der Waals surface area contributed by atoms with Crippen molar-refractivity contribution in [2.45, 2.75) is 19.6 Å². The average molecular weight is 492 g/mol. The Morgan fingerprint density at radius 3 is 2.51 bits per heavy atom. The second-order valence-corrected chi connectivity index (χ2v) is 8.59. The fraction of sp³-hybridized carbons (Fsp3) is 0.222. The van der Waals surface area contributed by atoms with Crippen LogP contribution in [-0.4, -0.2) is 41.5 Å². The van der Waals surface area contributed by atoms with E-state index in [2.05, 4.69) is 16.0 Å². The van der Waals surface area contributed by atoms with Gasteiger partial charge in [-0.2, -0.15) is 0 Å². The summed E-state index contributed by atoms with van der Waals surface area (Å²) in [6.07, 6.45) is 4.59. The highest BCUT2D eigenvalue weighted by Gasteiger charge is 2.22. The molecular weight excluding hydrogens is 466 g/mol. The molecular formula is C27H26ClN3O4. The van der Waals surface area contributed by atoms with Gasteiger partial charge in [-0.25, -0.2) is 9.78 Å². The number of carbonyl (C=O) groups excluding carboxylic acids is 2. The van der Waals surface area contributed by atoms with Gasteiger partial charge in [0.2, 0.25) is 0 Å². The Hall–Kier alpha value is -3.52. The fourth-order valence-corrected chi connectivity index (χ4v) is 3.90. The third-order valence-corrected chi connectivity index (χ3v) is 5.89. The Balaban J connectivity index is 1.51. The largest absolute Gasteiger partial charge is 0.486 e. The van der Waals surface area contributed by atoms with Crippen LogP contribution in [0.25, 0.3) is 5.57 Å². The van der Waals surface area contributed by atoms with Gasteiger partial charge in [0.15, 0.2) is 11.4 Å². The van der Waals surface area contributed by atoms with E-state index >= 15 is 0 Å². The molecule has 0 saturated heterocycles. The Labute approximate surface area is 209 Å². The molecule has 0 saturated carbocycles. The number of pyridine rings is 1. The maximum atomic E-state index is 12.5. The van der Waals surface area contributed by atoms with Crippen LogP contribution in [0.4, 0.5) is 0 Å². The minimum Gasteiger partial charge on any atom is -0.486 e. The molecule has 0 fully saturated rings. The lowest BCUT2D eigenvalue weighted by Gasteiger charge is -2.26. The second kappa shape index (κ2) is 11.8. The third-order valence-electron chi connectivity index (χ3n) is 5.64. The zero-order chi connectivity index (χ0) is 24.6. The number of benzene rings is 2. The van der Waals surface area contributed by atoms with Gasteiger partial charge in [0.25, 0.3) is 0 Å². The topological polar surface area (TPSA) is 94.8 Å². The standard InChI is InChI=1S/C27H26ClN3O4/c28-23-8-6-19(7-9-23)17-31-12-10-21(11-13-31)22-14-24(34-18-20-4-2-1-3-5-20)26(30-16-22)27(33)35-25(32)15-29/h1-10,14,16H,11-13,15,17-18,29H2. The van der Waals surface area contributed by atoms with Crippen LogP contribution in [-0.2, 0) is 22.7 Å². The molecule has 0 spiro atoms. The van der Waals surface area contributed by atoms with Crippen molar-refractivity contribution in [3.63, 3.8) is 0 Å². The quantitative estimate of drug-likeness (QED) is 0.372. The molecule has 0 atom stereocenters. The van der Waals surface area contributed by atoms with Crippen molar-refractivity contribution < 1.29 is 19.1 Å². The number of rotatable bonds is 8. The zero-order valence-electron chi connectivity index (χ0n) is 19.2. The molecule has 4 rings (SSSR count). The Morgan fingerprint density at radius 2 is 1.83 bits per heavy atom. The summed E-state index contributed by atoms with van der Waals surface area (Å²) in [5.41, 5.74) is 9.32. The van der Waals surface area contributed by atoms with E-state index in [0.29, 0.717) is 0 Å². The second-order valence-electron chi connectivity index (χ2n) is 8.15. The van der Waals surface area contributed by atoms with Gasteiger partial charge in [0.05, 0.1) is 6.54 Å². The SMILES string of the molecule is NCC(=O)OC(=O)c1ncc(C2=CCN(Cc3ccc(Cl)cc3)CC2)cc1OCc1ccccc1. The first-order valence-electron chi connectivity index (χ1n) is 11.3. The molecule has 3 aromatic rings. The molecule has 0 amide bonds. The van der Waals surface area contributed by atoms with Crippen LogP contribution in [0.2, 0.25) is 5.02 Å². The first-order chi connectivity index (χ1) is 17.0. The number of ether oxygens (including phenoxy) is 2. The first-order valence-corrected chi connectivity index (χ1v) is 11.7. The average Bonchev–Trinajstić information content (AvgIpc) is 2.89. The van der Waals surface area contributed by atoms with Crippen molar-refractivity contribution in [2.75, 3.05) is 19.6 Å². The predicted molar refractivity (Wildman–Crippen MR) is 134 cm³/mol. The first kappa shape index (κ1) is 24.6. The van der Waals surface area contributed by atoms with Crippen LogP contribution in [0, 0.1) is 0 Å². The molecule has 1 aliphatic rings. The molecule has 1 aliphatic heterocycles. The fourth-order valence-electron chi connectivity index (χ4n) is 3.78. The summed E-state index contributed by atoms with van der Waals surface area (Å²) in [7, 11) is 0. The lowest BCUT2D eigenvalue weighted by molar-refractivity contribution is -0.136. The Kier molecular flexibility index (Phi) is 8.26. The van der Waals surface area contributed by atoms with E-state index in [4.69, 9.17) is 26.8 Å². The molecule has 0 unspecified atom stereocenters. The number of carbonyl (C=O) groups is 2. The monoisotopic (exact) mass is 491 g/mol. The minimum atomic E-state index is -0.887. The number of esters is 2. The van der Waals surface area contributed by atoms with Gasteiger partial charge >= 0.3 is 11.9 Å². The van der Waals surface area contributed by atoms with Gasteiger partial charge in [0, 0.05) is 30.9 Å². The van der Waals surface area contributed by atoms with Crippen LogP contribution in [0.3, 0.4) is 0 Å². The van der Waals surface area contributed by atoms with Crippen LogP contribution < -0.4 is 10.5 Å². The summed E-state index contributed by atoms with van der Waals surface area (Å²) in [5.74, 6) is -1.46. The van der Waals surface area contributed by atoms with E-state index in [-0.39, 0.29) is 18.1 Å². The predicted octanol–water partition coefficient (Wildman–Crippen LogP) is 4.25. The van der Waals surface area contributed by atoms with Gasteiger partial charge in [0.1, 0.15) is 6.61 Å². The van der Waals surface area contributed by atoms with Gasteiger partial charge in [-0.05, 0) is 46.9 Å². The van der Waals surface area contributed by atoms with E-state index in [9.17, 15) is 9.59 Å². The summed E-state index contributed by atoms with van der Waals surface area (Å²) in [6.45, 7) is 2.34. The van der Waals surface area contributed by atoms with E-state index in [1.54, 1.807) is 12.3 Å². The lowest BCUT2D eigenvalue weighted by atomic mass is 10.00. The summed E-state index contributed by atoms with van der Waals surface area (Å²) in [4.78, 5) is 30.7. The molecule has 7 nitrogen and oxygen atoms in total. The molecule has 0 radical (unpaired) electrons. The van der Waals surface area contributed by atoms with E-state index in [1.807, 2.05) is 54.6 Å². The Bertz CT molecular complexity index is 1210. The summed E-state index contributed by atoms with van der Waals surface area (Å²) in [6, 6.07) is 19.2. The molecule has 2 aromatic carbocycles. The zero-order valence-corrected chi connectivity index (χ0v) is 19.9. The molecule has 35 heavy (non-hydrogen) atoms. The third kappa shape index (κ3) is 6.76. The molecule has 2 heterocycles. The highest BCUT2D eigenvalue weighted by molar-refractivity contribution is 6.30. The van der Waals surface area contributed by atoms with Gasteiger partial charge in [-0.3, -0.25) is 9.69 Å². The van der Waals surface area contributed by atoms with Crippen LogP contribution in [0.5, 0.6) is 5.75 Å². The van der Waals surface area contributed by atoms with Crippen LogP contribution >= 0.6 is 11.6 Å². The number of nitrogens with two attached hydrogens (primary N) is 1. The molecule has 2 N–H and O–H groups in total.